The molecule has 147 heavy (non-hydrogen) atoms. The minimum absolute atomic E-state index is 0.846. The fourth-order valence-corrected chi connectivity index (χ4v) is 19.1. The molecule has 0 aromatic heterocycles. The number of aliphatic hydroxyl groups excluding tert-OH is 32. The van der Waals surface area contributed by atoms with Crippen molar-refractivity contribution in [1.82, 2.24) is 26.6 Å². The zero-order valence-electron chi connectivity index (χ0n) is 79.2. The van der Waals surface area contributed by atoms with E-state index in [9.17, 15) is 187 Å². The van der Waals surface area contributed by atoms with Crippen LogP contribution < -0.4 is 26.6 Å². The van der Waals surface area contributed by atoms with E-state index in [1.54, 1.807) is 0 Å². The molecule has 12 aliphatic rings. The molecule has 12 aliphatic heterocycles. The normalized spacial score (nSPS) is 49.6. The van der Waals surface area contributed by atoms with Crippen LogP contribution in [0.15, 0.2) is 0 Å². The zero-order chi connectivity index (χ0) is 108. The van der Waals surface area contributed by atoms with Crippen LogP contribution in [-0.2, 0) is 133 Å². The molecule has 65 heteroatoms. The van der Waals surface area contributed by atoms with Gasteiger partial charge in [0, 0.05) is 34.6 Å². The maximum Gasteiger partial charge on any atom is 0.217 e. The lowest BCUT2D eigenvalue weighted by Gasteiger charge is -2.53. The molecule has 12 saturated heterocycles. The van der Waals surface area contributed by atoms with E-state index < -0.39 is 470 Å². The maximum absolute atomic E-state index is 13.8. The van der Waals surface area contributed by atoms with Crippen LogP contribution in [0, 0.1) is 0 Å². The van der Waals surface area contributed by atoms with E-state index in [2.05, 4.69) is 26.6 Å². The number of nitrogens with one attached hydrogen (secondary N) is 5. The largest absolute Gasteiger partial charge is 0.394 e. The van der Waals surface area contributed by atoms with E-state index in [-0.39, 0.29) is 0 Å². The molecule has 12 rings (SSSR count). The fraction of sp³-hybridized carbons (Fsp3) is 0.939. The Balaban J connectivity index is 1.01. The first-order chi connectivity index (χ1) is 69.5. The highest BCUT2D eigenvalue weighted by Gasteiger charge is 2.64. The van der Waals surface area contributed by atoms with Crippen molar-refractivity contribution >= 4 is 29.5 Å². The molecule has 65 nitrogen and oxygen atoms in total. The van der Waals surface area contributed by atoms with Gasteiger partial charge in [-0.15, -0.1) is 0 Å². The minimum atomic E-state index is -2.95. The minimum Gasteiger partial charge on any atom is -0.394 e. The molecule has 60 atom stereocenters. The van der Waals surface area contributed by atoms with E-state index in [1.165, 1.54) is 6.92 Å². The first-order valence-electron chi connectivity index (χ1n) is 47.0. The molecule has 12 fully saturated rings. The highest BCUT2D eigenvalue weighted by atomic mass is 16.8. The van der Waals surface area contributed by atoms with Crippen LogP contribution in [0.1, 0.15) is 41.5 Å². The Kier molecular flexibility index (Phi) is 43.4. The van der Waals surface area contributed by atoms with Gasteiger partial charge in [0.2, 0.25) is 29.5 Å². The number of rotatable bonds is 38. The maximum atomic E-state index is 13.8. The fourth-order valence-electron chi connectivity index (χ4n) is 19.1. The summed E-state index contributed by atoms with van der Waals surface area (Å²) in [4.78, 5) is 66.3. The second-order valence-corrected chi connectivity index (χ2v) is 37.4. The van der Waals surface area contributed by atoms with E-state index in [4.69, 9.17) is 109 Å². The number of carbonyl (C=O) groups is 5. The van der Waals surface area contributed by atoms with Crippen molar-refractivity contribution in [3.05, 3.63) is 0 Å². The van der Waals surface area contributed by atoms with Crippen LogP contribution in [-0.4, -0.2) is 634 Å². The first-order valence-corrected chi connectivity index (χ1v) is 47.0. The van der Waals surface area contributed by atoms with Gasteiger partial charge in [0.25, 0.3) is 0 Å². The Morgan fingerprint density at radius 3 is 0.823 bits per heavy atom. The van der Waals surface area contributed by atoms with Crippen LogP contribution in [0.25, 0.3) is 0 Å². The van der Waals surface area contributed by atoms with Crippen molar-refractivity contribution < 1.29 is 296 Å². The third-order valence-electron chi connectivity index (χ3n) is 27.0. The lowest BCUT2D eigenvalue weighted by molar-refractivity contribution is -0.413. The Morgan fingerprint density at radius 2 is 0.429 bits per heavy atom. The number of hydrogen-bond acceptors (Lipinski definition) is 60. The summed E-state index contributed by atoms with van der Waals surface area (Å²) in [5.74, 6) is -5.16. The van der Waals surface area contributed by atoms with E-state index in [1.807, 2.05) is 0 Å². The van der Waals surface area contributed by atoms with Gasteiger partial charge < -0.3 is 299 Å². The highest BCUT2D eigenvalue weighted by molar-refractivity contribution is 5.75. The molecular formula is C82H137N5O60. The molecular weight excluding hydrogens is 2010 g/mol. The molecule has 37 N–H and O–H groups in total. The second-order valence-electron chi connectivity index (χ2n) is 37.4. The quantitative estimate of drug-likeness (QED) is 0.0273. The number of ether oxygens (including phenoxy) is 23. The topological polar surface area (TPSA) is 1010 Å². The predicted octanol–water partition coefficient (Wildman–Crippen LogP) is -25.4. The van der Waals surface area contributed by atoms with Crippen LogP contribution in [0.5, 0.6) is 0 Å². The summed E-state index contributed by atoms with van der Waals surface area (Å²) >= 11 is 0. The summed E-state index contributed by atoms with van der Waals surface area (Å²) in [6.45, 7) is -7.69. The van der Waals surface area contributed by atoms with Crippen molar-refractivity contribution in [3.8, 4) is 0 Å². The lowest BCUT2D eigenvalue weighted by Crippen LogP contribution is -2.72. The van der Waals surface area contributed by atoms with Crippen molar-refractivity contribution in [2.24, 2.45) is 0 Å². The Labute approximate surface area is 832 Å². The summed E-state index contributed by atoms with van der Waals surface area (Å²) in [6, 6.07) is -10.4. The number of carbonyl (C=O) groups excluding carboxylic acids is 5. The van der Waals surface area contributed by atoms with Gasteiger partial charge in [-0.2, -0.15) is 0 Å². The van der Waals surface area contributed by atoms with Crippen molar-refractivity contribution in [3.63, 3.8) is 0 Å². The molecule has 5 amide bonds. The summed E-state index contributed by atoms with van der Waals surface area (Å²) in [5.41, 5.74) is 0. The van der Waals surface area contributed by atoms with Gasteiger partial charge in [0.1, 0.15) is 287 Å². The molecule has 0 saturated carbocycles. The van der Waals surface area contributed by atoms with Crippen LogP contribution >= 0.6 is 0 Å². The average molecular weight is 2150 g/mol. The third kappa shape index (κ3) is 27.0. The lowest BCUT2D eigenvalue weighted by atomic mass is 9.93. The summed E-state index contributed by atoms with van der Waals surface area (Å²) in [6.07, 6.45) is -123. The molecule has 0 spiro atoms. The molecule has 0 aliphatic carbocycles. The standard InChI is InChI=1S/C82H137N5O60/c1-18-40(101)52(113)56(117)76(128-18)126-16-33-66(49(110)35(71(124)129-33)83-19(2)96)141-74-38(86-22(5)99)50(111)64(30(13-94)135-74)143-81-62(123)69(146-82-70(60(121)65(31(14-95)137-82)140-72-36(84-20(3)97)47(108)41(102)24(7-88)130-72)147-75-39(87-23(6)100)51(112)63(29(12-93)136-75)142-79-58(119)54(115)44(105)27(10-91)133-79)67(144-73-37(85-21(4)98)48(109)42(103)25(8-89)131-73)34(139-81)17-127-78-61(122)68(145-80-59(120)55(116)45(106)28(11-92)134-80)46(107)32(138-78)15-125-77-57(118)53(114)43(104)26(9-90)132-77/h18,24-82,88-95,101-124H,7-17H2,1-6H3,(H,83,96)(H,84,97)(H,85,98)(H,86,99)(H,87,100)/t18-,24+,25+,26+,27+,28+,29+,30+,31+,32+,33+,34+,35+,36+,37+,38+,39+,40+,41+,42+,43+,44-,45+,46+,47+,48+,49+,50+,51+,52+,53-,54-,55-,56-,57+,58+,59-,60-,61-,62-,63+,64+,65+,66+,67+,68-,69+,70-,71?,72-,73-,74-,75-,76+,77-,78-,79-,80+,81-,82+/m0/s1. The number of aliphatic hydroxyl groups is 32. The SMILES string of the molecule is CC(=O)N[C@H]1[C@H](O[C@H]2[C@H](O)[C@@H](NC(C)=O)C(O)O[C@@H]2CO[C@@H]2O[C@@H](C)[C@@H](O)[C@@H](O)[C@@H]2O)O[C@H](CO)[C@@H](O[C@@H]2O[C@H](CO[C@H]3O[C@H](CO[C@H]4O[C@H](CO)[C@@H](O)[C@H](O)[C@H]4O)[C@@H](O)[C@H](O[C@H]4O[C@H](CO)[C@@H](O)[C@H](O)[C@@H]4O)[C@@H]3O)[C@@H](O[C@@H]3O[C@H](CO)[C@@H](O)[C@H](O)[C@H]3NC(C)=O)[C@H](O[C@H]3O[C@H](CO)[C@@H](O[C@@H]4O[C@H](CO)[C@@H](O)[C@H](O)[C@H]4NC(C)=O)[C@H](O)[C@@H]3O[C@@H]3O[C@H](CO)[C@@H](O[C@@H]4O[C@H](CO)[C@H](O)[C@H](O)[C@H]4O)[C@H](O)[C@H]3NC(C)=O)[C@@H]2O)[C@@H]1O. The first kappa shape index (κ1) is 121. The van der Waals surface area contributed by atoms with Gasteiger partial charge in [0.05, 0.1) is 78.8 Å². The van der Waals surface area contributed by atoms with Gasteiger partial charge in [-0.1, -0.05) is 0 Å². The summed E-state index contributed by atoms with van der Waals surface area (Å²) < 4.78 is 141. The molecule has 0 aromatic carbocycles. The van der Waals surface area contributed by atoms with E-state index >= 15 is 0 Å². The van der Waals surface area contributed by atoms with Crippen molar-refractivity contribution in [2.75, 3.05) is 72.7 Å². The van der Waals surface area contributed by atoms with Gasteiger partial charge >= 0.3 is 0 Å². The Hall–Kier alpha value is -4.85. The smallest absolute Gasteiger partial charge is 0.217 e. The number of amides is 5. The van der Waals surface area contributed by atoms with Crippen LogP contribution in [0.2, 0.25) is 0 Å². The van der Waals surface area contributed by atoms with Crippen molar-refractivity contribution in [2.45, 2.75) is 410 Å². The van der Waals surface area contributed by atoms with Crippen LogP contribution in [0.4, 0.5) is 0 Å². The van der Waals surface area contributed by atoms with Gasteiger partial charge in [-0.3, -0.25) is 24.0 Å². The zero-order valence-corrected chi connectivity index (χ0v) is 79.2. The average Bonchev–Trinajstić information content (AvgIpc) is 0.751. The van der Waals surface area contributed by atoms with E-state index in [0.717, 1.165) is 34.6 Å². The summed E-state index contributed by atoms with van der Waals surface area (Å²) in [5, 5.41) is 376. The Bertz CT molecular complexity index is 4110. The van der Waals surface area contributed by atoms with Gasteiger partial charge in [-0.05, 0) is 6.92 Å². The monoisotopic (exact) mass is 2150 g/mol. The molecule has 0 bridgehead atoms. The summed E-state index contributed by atoms with van der Waals surface area (Å²) in [7, 11) is 0. The van der Waals surface area contributed by atoms with E-state index in [0.29, 0.717) is 0 Å². The Morgan fingerprint density at radius 1 is 0.190 bits per heavy atom. The van der Waals surface area contributed by atoms with Gasteiger partial charge in [-0.25, -0.2) is 0 Å². The molecule has 12 heterocycles. The van der Waals surface area contributed by atoms with Gasteiger partial charge in [0.15, 0.2) is 75.5 Å². The highest BCUT2D eigenvalue weighted by Crippen LogP contribution is 2.43. The third-order valence-corrected chi connectivity index (χ3v) is 27.0. The number of hydrogen-bond donors (Lipinski definition) is 37. The second kappa shape index (κ2) is 52.8. The predicted molar refractivity (Wildman–Crippen MR) is 452 cm³/mol. The molecule has 850 valence electrons. The molecule has 0 radical (unpaired) electrons. The van der Waals surface area contributed by atoms with Crippen molar-refractivity contribution in [1.29, 1.82) is 0 Å². The molecule has 1 unspecified atom stereocenters. The molecule has 0 aromatic rings. The van der Waals surface area contributed by atoms with Crippen LogP contribution in [0.3, 0.4) is 0 Å².